The highest BCUT2D eigenvalue weighted by Gasteiger charge is 2.01. The third-order valence-electron chi connectivity index (χ3n) is 2.63. The van der Waals surface area contributed by atoms with Crippen molar-refractivity contribution in [2.45, 2.75) is 20.0 Å². The van der Waals surface area contributed by atoms with Crippen LogP contribution in [-0.2, 0) is 13.1 Å². The van der Waals surface area contributed by atoms with Gasteiger partial charge in [-0.15, -0.1) is 11.3 Å². The first-order valence-electron chi connectivity index (χ1n) is 6.17. The van der Waals surface area contributed by atoms with Crippen LogP contribution < -0.4 is 10.6 Å². The minimum atomic E-state index is 0.750. The van der Waals surface area contributed by atoms with Crippen molar-refractivity contribution >= 4 is 17.3 Å². The molecule has 0 atom stereocenters. The van der Waals surface area contributed by atoms with Crippen LogP contribution in [0.3, 0.4) is 0 Å². The van der Waals surface area contributed by atoms with Crippen molar-refractivity contribution in [1.29, 1.82) is 0 Å². The van der Waals surface area contributed by atoms with Crippen molar-refractivity contribution in [3.63, 3.8) is 0 Å². The van der Waals surface area contributed by atoms with Crippen molar-refractivity contribution in [3.8, 4) is 0 Å². The molecule has 19 heavy (non-hydrogen) atoms. The lowest BCUT2D eigenvalue weighted by Crippen LogP contribution is -2.36. The Bertz CT molecular complexity index is 533. The van der Waals surface area contributed by atoms with Gasteiger partial charge < -0.3 is 10.6 Å². The summed E-state index contributed by atoms with van der Waals surface area (Å²) in [5.74, 6) is 0.801. The van der Waals surface area contributed by atoms with E-state index in [1.807, 2.05) is 31.3 Å². The lowest BCUT2D eigenvalue weighted by molar-refractivity contribution is 0.814. The predicted octanol–water partition coefficient (Wildman–Crippen LogP) is 2.32. The zero-order chi connectivity index (χ0) is 13.5. The fraction of sp³-hybridized carbons (Fsp3) is 0.286. The van der Waals surface area contributed by atoms with Crippen molar-refractivity contribution in [1.82, 2.24) is 15.6 Å². The van der Waals surface area contributed by atoms with Gasteiger partial charge in [-0.2, -0.15) is 0 Å². The Morgan fingerprint density at radius 1 is 1.21 bits per heavy atom. The summed E-state index contributed by atoms with van der Waals surface area (Å²) in [6.07, 6.45) is 1.90. The Morgan fingerprint density at radius 2 is 1.95 bits per heavy atom. The molecule has 0 fully saturated rings. The van der Waals surface area contributed by atoms with Crippen molar-refractivity contribution in [2.75, 3.05) is 7.05 Å². The molecule has 1 heterocycles. The molecule has 4 nitrogen and oxygen atoms in total. The molecular weight excluding hydrogens is 256 g/mol. The first kappa shape index (κ1) is 13.5. The highest BCUT2D eigenvalue weighted by atomic mass is 32.1. The predicted molar refractivity (Wildman–Crippen MR) is 80.3 cm³/mol. The smallest absolute Gasteiger partial charge is 0.191 e. The van der Waals surface area contributed by atoms with Gasteiger partial charge in [0.05, 0.1) is 11.6 Å². The molecule has 0 unspecified atom stereocenters. The minimum Gasteiger partial charge on any atom is -0.352 e. The fourth-order valence-electron chi connectivity index (χ4n) is 1.66. The number of benzene rings is 1. The van der Waals surface area contributed by atoms with Crippen LogP contribution in [0.1, 0.15) is 15.4 Å². The average molecular weight is 274 g/mol. The molecule has 5 heteroatoms. The summed E-state index contributed by atoms with van der Waals surface area (Å²) in [6.45, 7) is 3.53. The van der Waals surface area contributed by atoms with E-state index >= 15 is 0 Å². The van der Waals surface area contributed by atoms with E-state index in [2.05, 4.69) is 32.7 Å². The normalized spacial score (nSPS) is 11.4. The van der Waals surface area contributed by atoms with E-state index in [1.54, 1.807) is 18.4 Å². The topological polar surface area (TPSA) is 49.3 Å². The van der Waals surface area contributed by atoms with Crippen molar-refractivity contribution in [2.24, 2.45) is 4.99 Å². The van der Waals surface area contributed by atoms with Gasteiger partial charge in [-0.1, -0.05) is 30.3 Å². The fourth-order valence-corrected chi connectivity index (χ4v) is 2.39. The number of thiazole rings is 1. The van der Waals surface area contributed by atoms with E-state index in [9.17, 15) is 0 Å². The molecule has 0 radical (unpaired) electrons. The van der Waals surface area contributed by atoms with Gasteiger partial charge >= 0.3 is 0 Å². The van der Waals surface area contributed by atoms with E-state index in [0.29, 0.717) is 0 Å². The van der Waals surface area contributed by atoms with E-state index in [1.165, 1.54) is 10.4 Å². The number of aromatic nitrogens is 1. The van der Waals surface area contributed by atoms with Crippen molar-refractivity contribution < 1.29 is 0 Å². The molecule has 2 aromatic rings. The summed E-state index contributed by atoms with van der Waals surface area (Å²) >= 11 is 1.70. The second-order valence-corrected chi connectivity index (χ2v) is 5.43. The molecule has 2 rings (SSSR count). The van der Waals surface area contributed by atoms with Crippen molar-refractivity contribution in [3.05, 3.63) is 52.0 Å². The van der Waals surface area contributed by atoms with Crippen LogP contribution >= 0.6 is 11.3 Å². The summed E-state index contributed by atoms with van der Waals surface area (Å²) in [5.41, 5.74) is 1.24. The van der Waals surface area contributed by atoms with Crippen LogP contribution in [0.4, 0.5) is 0 Å². The number of nitrogens with zero attached hydrogens (tertiary/aromatic N) is 2. The van der Waals surface area contributed by atoms with Crippen LogP contribution in [0.5, 0.6) is 0 Å². The lowest BCUT2D eigenvalue weighted by Gasteiger charge is -2.10. The van der Waals surface area contributed by atoms with E-state index in [4.69, 9.17) is 0 Å². The third-order valence-corrected chi connectivity index (χ3v) is 3.54. The molecule has 1 aromatic heterocycles. The quantitative estimate of drug-likeness (QED) is 0.664. The molecular formula is C14H18N4S. The Labute approximate surface area is 117 Å². The highest BCUT2D eigenvalue weighted by molar-refractivity contribution is 7.11. The summed E-state index contributed by atoms with van der Waals surface area (Å²) < 4.78 is 0. The first-order valence-corrected chi connectivity index (χ1v) is 6.99. The largest absolute Gasteiger partial charge is 0.352 e. The van der Waals surface area contributed by atoms with Gasteiger partial charge in [0.2, 0.25) is 0 Å². The van der Waals surface area contributed by atoms with Crippen LogP contribution in [0.25, 0.3) is 0 Å². The van der Waals surface area contributed by atoms with Crippen LogP contribution in [0, 0.1) is 6.92 Å². The molecule has 0 bridgehead atoms. The molecule has 0 saturated carbocycles. The summed E-state index contributed by atoms with van der Waals surface area (Å²) in [4.78, 5) is 9.64. The molecule has 0 aliphatic heterocycles. The Balaban J connectivity index is 1.81. The van der Waals surface area contributed by atoms with Crippen LogP contribution in [-0.4, -0.2) is 18.0 Å². The molecule has 2 N–H and O–H groups in total. The zero-order valence-corrected chi connectivity index (χ0v) is 12.0. The minimum absolute atomic E-state index is 0.750. The Kier molecular flexibility index (Phi) is 4.92. The summed E-state index contributed by atoms with van der Waals surface area (Å²) in [5, 5.41) is 7.65. The summed E-state index contributed by atoms with van der Waals surface area (Å²) in [6, 6.07) is 10.3. The van der Waals surface area contributed by atoms with Gasteiger partial charge in [-0.3, -0.25) is 4.99 Å². The molecule has 0 aliphatic carbocycles. The zero-order valence-electron chi connectivity index (χ0n) is 11.2. The van der Waals surface area contributed by atoms with Gasteiger partial charge in [0, 0.05) is 24.7 Å². The monoisotopic (exact) mass is 274 g/mol. The molecule has 0 spiro atoms. The number of aliphatic imine (C=N–C) groups is 1. The molecule has 100 valence electrons. The third kappa shape index (κ3) is 4.37. The van der Waals surface area contributed by atoms with Crippen LogP contribution in [0.2, 0.25) is 0 Å². The van der Waals surface area contributed by atoms with E-state index < -0.39 is 0 Å². The highest BCUT2D eigenvalue weighted by Crippen LogP contribution is 2.10. The van der Waals surface area contributed by atoms with Gasteiger partial charge in [0.25, 0.3) is 0 Å². The van der Waals surface area contributed by atoms with E-state index in [0.717, 1.165) is 24.1 Å². The molecule has 1 aromatic carbocycles. The Hall–Kier alpha value is -1.88. The van der Waals surface area contributed by atoms with E-state index in [-0.39, 0.29) is 0 Å². The van der Waals surface area contributed by atoms with Gasteiger partial charge in [0.15, 0.2) is 5.96 Å². The number of hydrogen-bond donors (Lipinski definition) is 2. The molecule has 0 amide bonds. The molecule has 0 saturated heterocycles. The summed E-state index contributed by atoms with van der Waals surface area (Å²) in [7, 11) is 1.78. The maximum Gasteiger partial charge on any atom is 0.191 e. The van der Waals surface area contributed by atoms with Crippen LogP contribution in [0.15, 0.2) is 41.5 Å². The number of hydrogen-bond acceptors (Lipinski definition) is 3. The number of rotatable bonds is 4. The molecule has 0 aliphatic rings. The number of aryl methyl sites for hydroxylation is 1. The standard InChI is InChI=1S/C14H18N4S/c1-11-16-9-13(19-11)10-18-14(15-2)17-8-12-6-4-3-5-7-12/h3-7,9H,8,10H2,1-2H3,(H2,15,17,18). The number of guanidine groups is 1. The maximum atomic E-state index is 4.23. The number of nitrogens with one attached hydrogen (secondary N) is 2. The average Bonchev–Trinajstić information content (AvgIpc) is 2.86. The second kappa shape index (κ2) is 6.89. The lowest BCUT2D eigenvalue weighted by atomic mass is 10.2. The van der Waals surface area contributed by atoms with Gasteiger partial charge in [-0.05, 0) is 12.5 Å². The first-order chi connectivity index (χ1) is 9.28. The Morgan fingerprint density at radius 3 is 2.58 bits per heavy atom. The second-order valence-electron chi connectivity index (χ2n) is 4.11. The van der Waals surface area contributed by atoms with Gasteiger partial charge in [0.1, 0.15) is 0 Å². The maximum absolute atomic E-state index is 4.23. The van der Waals surface area contributed by atoms with Gasteiger partial charge in [-0.25, -0.2) is 4.98 Å². The SMILES string of the molecule is CN=C(NCc1ccccc1)NCc1cnc(C)s1.